The van der Waals surface area contributed by atoms with Gasteiger partial charge < -0.3 is 20.9 Å². The summed E-state index contributed by atoms with van der Waals surface area (Å²) in [6.07, 6.45) is 0.630. The number of anilines is 1. The largest absolute Gasteiger partial charge is 0.364 e. The number of rotatable bonds is 6. The first kappa shape index (κ1) is 22.1. The standard InChI is InChI=1S/C23H29FN6O2/c1-13(2)30-12-16-19(22(30)32)27-21(17-10-25-11-18(31)26-17)28-20(16)29-23(3,4)9-14-5-7-15(24)8-6-14/h5-8,13,17,25H,9-12H2,1-4H3,(H,26,31)(H,27,28,29). The van der Waals surface area contributed by atoms with Gasteiger partial charge in [0.05, 0.1) is 13.1 Å². The predicted molar refractivity (Wildman–Crippen MR) is 119 cm³/mol. The number of carbonyl (C=O) groups is 2. The van der Waals surface area contributed by atoms with Crippen molar-refractivity contribution in [3.05, 3.63) is 52.7 Å². The van der Waals surface area contributed by atoms with Crippen LogP contribution in [-0.4, -0.2) is 51.4 Å². The van der Waals surface area contributed by atoms with E-state index in [1.54, 1.807) is 17.0 Å². The molecule has 2 amide bonds. The van der Waals surface area contributed by atoms with Crippen LogP contribution in [0.3, 0.4) is 0 Å². The van der Waals surface area contributed by atoms with Gasteiger partial charge in [0.15, 0.2) is 5.82 Å². The van der Waals surface area contributed by atoms with Gasteiger partial charge in [0.25, 0.3) is 5.91 Å². The minimum absolute atomic E-state index is 0.0243. The number of carbonyl (C=O) groups excluding carboxylic acids is 2. The molecule has 2 aliphatic heterocycles. The third-order valence-corrected chi connectivity index (χ3v) is 5.74. The van der Waals surface area contributed by atoms with Gasteiger partial charge >= 0.3 is 0 Å². The topological polar surface area (TPSA) is 99.2 Å². The van der Waals surface area contributed by atoms with Crippen molar-refractivity contribution in [2.24, 2.45) is 0 Å². The number of nitrogens with zero attached hydrogens (tertiary/aromatic N) is 3. The van der Waals surface area contributed by atoms with Gasteiger partial charge in [-0.3, -0.25) is 9.59 Å². The summed E-state index contributed by atoms with van der Waals surface area (Å²) in [6, 6.07) is 6.04. The number of amides is 2. The highest BCUT2D eigenvalue weighted by molar-refractivity contribution is 5.98. The number of hydrogen-bond acceptors (Lipinski definition) is 6. The molecule has 0 bridgehead atoms. The average Bonchev–Trinajstić information content (AvgIpc) is 3.06. The van der Waals surface area contributed by atoms with E-state index in [0.717, 1.165) is 11.1 Å². The van der Waals surface area contributed by atoms with E-state index in [2.05, 4.69) is 20.9 Å². The molecule has 0 radical (unpaired) electrons. The Hall–Kier alpha value is -3.07. The Balaban J connectivity index is 1.68. The van der Waals surface area contributed by atoms with Crippen LogP contribution in [0.25, 0.3) is 0 Å². The molecule has 32 heavy (non-hydrogen) atoms. The van der Waals surface area contributed by atoms with E-state index in [9.17, 15) is 14.0 Å². The minimum Gasteiger partial charge on any atom is -0.364 e. The second kappa shape index (κ2) is 8.46. The molecule has 3 N–H and O–H groups in total. The van der Waals surface area contributed by atoms with Gasteiger partial charge in [-0.25, -0.2) is 14.4 Å². The molecule has 0 spiro atoms. The molecular formula is C23H29FN6O2. The molecule has 2 aromatic rings. The predicted octanol–water partition coefficient (Wildman–Crippen LogP) is 2.17. The van der Waals surface area contributed by atoms with Crippen molar-refractivity contribution in [3.8, 4) is 0 Å². The van der Waals surface area contributed by atoms with Crippen LogP contribution in [0, 0.1) is 5.82 Å². The van der Waals surface area contributed by atoms with Gasteiger partial charge in [-0.1, -0.05) is 12.1 Å². The maximum Gasteiger partial charge on any atom is 0.273 e. The van der Waals surface area contributed by atoms with Crippen molar-refractivity contribution in [3.63, 3.8) is 0 Å². The Bertz CT molecular complexity index is 1040. The van der Waals surface area contributed by atoms with E-state index in [0.29, 0.717) is 36.8 Å². The number of halogens is 1. The fraction of sp³-hybridized carbons (Fsp3) is 0.478. The molecule has 1 aromatic heterocycles. The van der Waals surface area contributed by atoms with E-state index in [1.165, 1.54) is 12.1 Å². The molecule has 0 aliphatic carbocycles. The molecule has 1 aromatic carbocycles. The Morgan fingerprint density at radius 2 is 1.94 bits per heavy atom. The Morgan fingerprint density at radius 3 is 2.59 bits per heavy atom. The van der Waals surface area contributed by atoms with Crippen molar-refractivity contribution in [2.75, 3.05) is 18.4 Å². The second-order valence-electron chi connectivity index (χ2n) is 9.35. The maximum absolute atomic E-state index is 13.3. The SMILES string of the molecule is CC(C)N1Cc2c(NC(C)(C)Cc3ccc(F)cc3)nc(C3CNCC(=O)N3)nc2C1=O. The molecular weight excluding hydrogens is 411 g/mol. The highest BCUT2D eigenvalue weighted by Crippen LogP contribution is 2.32. The van der Waals surface area contributed by atoms with Crippen molar-refractivity contribution in [1.82, 2.24) is 25.5 Å². The number of benzene rings is 1. The second-order valence-corrected chi connectivity index (χ2v) is 9.35. The number of piperazine rings is 1. The van der Waals surface area contributed by atoms with Crippen LogP contribution in [-0.2, 0) is 17.8 Å². The van der Waals surface area contributed by atoms with Crippen molar-refractivity contribution >= 4 is 17.6 Å². The van der Waals surface area contributed by atoms with Crippen LogP contribution in [0.1, 0.15) is 61.2 Å². The van der Waals surface area contributed by atoms with E-state index in [1.807, 2.05) is 27.7 Å². The molecule has 170 valence electrons. The van der Waals surface area contributed by atoms with Gasteiger partial charge in [-0.15, -0.1) is 0 Å². The minimum atomic E-state index is -0.431. The van der Waals surface area contributed by atoms with E-state index in [4.69, 9.17) is 4.98 Å². The molecule has 2 aliphatic rings. The van der Waals surface area contributed by atoms with Crippen LogP contribution in [0.15, 0.2) is 24.3 Å². The lowest BCUT2D eigenvalue weighted by atomic mass is 9.94. The zero-order chi connectivity index (χ0) is 23.0. The number of aromatic nitrogens is 2. The van der Waals surface area contributed by atoms with Gasteiger partial charge in [0.2, 0.25) is 5.91 Å². The summed E-state index contributed by atoms with van der Waals surface area (Å²) >= 11 is 0. The molecule has 1 unspecified atom stereocenters. The van der Waals surface area contributed by atoms with Crippen LogP contribution < -0.4 is 16.0 Å². The van der Waals surface area contributed by atoms with Crippen LogP contribution in [0.4, 0.5) is 10.2 Å². The molecule has 0 saturated carbocycles. The quantitative estimate of drug-likeness (QED) is 0.637. The smallest absolute Gasteiger partial charge is 0.273 e. The molecule has 1 atom stereocenters. The first-order valence-corrected chi connectivity index (χ1v) is 10.9. The average molecular weight is 441 g/mol. The maximum atomic E-state index is 13.3. The first-order valence-electron chi connectivity index (χ1n) is 10.9. The van der Waals surface area contributed by atoms with Crippen LogP contribution in [0.2, 0.25) is 0 Å². The lowest BCUT2D eigenvalue weighted by Gasteiger charge is -2.29. The van der Waals surface area contributed by atoms with Crippen molar-refractivity contribution in [1.29, 1.82) is 0 Å². The fourth-order valence-electron chi connectivity index (χ4n) is 4.14. The summed E-state index contributed by atoms with van der Waals surface area (Å²) in [5.41, 5.74) is 1.69. The van der Waals surface area contributed by atoms with Gasteiger partial charge in [-0.2, -0.15) is 0 Å². The molecule has 8 nitrogen and oxygen atoms in total. The first-order chi connectivity index (χ1) is 15.1. The Kier molecular flexibility index (Phi) is 5.85. The molecule has 1 fully saturated rings. The molecule has 4 rings (SSSR count). The summed E-state index contributed by atoms with van der Waals surface area (Å²) in [5, 5.41) is 9.44. The third-order valence-electron chi connectivity index (χ3n) is 5.74. The highest BCUT2D eigenvalue weighted by atomic mass is 19.1. The molecule has 9 heteroatoms. The lowest BCUT2D eigenvalue weighted by Crippen LogP contribution is -2.47. The zero-order valence-corrected chi connectivity index (χ0v) is 18.8. The summed E-state index contributed by atoms with van der Waals surface area (Å²) in [6.45, 7) is 9.17. The summed E-state index contributed by atoms with van der Waals surface area (Å²) in [7, 11) is 0. The number of nitrogens with one attached hydrogen (secondary N) is 3. The monoisotopic (exact) mass is 440 g/mol. The van der Waals surface area contributed by atoms with Gasteiger partial charge in [-0.05, 0) is 51.8 Å². The van der Waals surface area contributed by atoms with E-state index >= 15 is 0 Å². The normalized spacial score (nSPS) is 18.7. The van der Waals surface area contributed by atoms with Crippen LogP contribution >= 0.6 is 0 Å². The van der Waals surface area contributed by atoms with Gasteiger partial charge in [0, 0.05) is 23.7 Å². The highest BCUT2D eigenvalue weighted by Gasteiger charge is 2.36. The van der Waals surface area contributed by atoms with Crippen molar-refractivity contribution < 1.29 is 14.0 Å². The number of hydrogen-bond donors (Lipinski definition) is 3. The number of fused-ring (bicyclic) bond motifs is 1. The zero-order valence-electron chi connectivity index (χ0n) is 18.8. The Morgan fingerprint density at radius 1 is 1.22 bits per heavy atom. The van der Waals surface area contributed by atoms with Crippen molar-refractivity contribution in [2.45, 2.75) is 58.3 Å². The lowest BCUT2D eigenvalue weighted by molar-refractivity contribution is -0.122. The van der Waals surface area contributed by atoms with Crippen LogP contribution in [0.5, 0.6) is 0 Å². The fourth-order valence-corrected chi connectivity index (χ4v) is 4.14. The summed E-state index contributed by atoms with van der Waals surface area (Å²) < 4.78 is 13.3. The van der Waals surface area contributed by atoms with E-state index in [-0.39, 0.29) is 30.2 Å². The third kappa shape index (κ3) is 4.57. The summed E-state index contributed by atoms with van der Waals surface area (Å²) in [5.74, 6) is 0.463. The molecule has 1 saturated heterocycles. The summed E-state index contributed by atoms with van der Waals surface area (Å²) in [4.78, 5) is 36.0. The van der Waals surface area contributed by atoms with Gasteiger partial charge in [0.1, 0.15) is 23.4 Å². The Labute approximate surface area is 187 Å². The van der Waals surface area contributed by atoms with E-state index < -0.39 is 11.6 Å². The molecule has 3 heterocycles.